The highest BCUT2D eigenvalue weighted by molar-refractivity contribution is 5.93. The molecule has 0 N–H and O–H groups in total. The van der Waals surface area contributed by atoms with Crippen LogP contribution in [-0.2, 0) is 6.42 Å². The molecular formula is C21H27N5O. The number of carbonyl (C=O) groups excluding carboxylic acids is 1. The van der Waals surface area contributed by atoms with Crippen LogP contribution in [0.3, 0.4) is 0 Å². The lowest BCUT2D eigenvalue weighted by Crippen LogP contribution is -2.48. The zero-order valence-corrected chi connectivity index (χ0v) is 16.4. The van der Waals surface area contributed by atoms with Crippen LogP contribution in [0.4, 0.5) is 11.6 Å². The van der Waals surface area contributed by atoms with Gasteiger partial charge in [-0.1, -0.05) is 25.1 Å². The van der Waals surface area contributed by atoms with Crippen LogP contribution in [0.1, 0.15) is 35.6 Å². The molecule has 142 valence electrons. The van der Waals surface area contributed by atoms with E-state index < -0.39 is 0 Å². The molecule has 2 aliphatic heterocycles. The normalized spacial score (nSPS) is 20.0. The van der Waals surface area contributed by atoms with Gasteiger partial charge in [-0.3, -0.25) is 4.79 Å². The first-order chi connectivity index (χ1) is 13.1. The van der Waals surface area contributed by atoms with Crippen molar-refractivity contribution in [1.29, 1.82) is 0 Å². The Hall–Kier alpha value is -2.47. The Labute approximate surface area is 160 Å². The van der Waals surface area contributed by atoms with Crippen LogP contribution in [0, 0.1) is 6.92 Å². The van der Waals surface area contributed by atoms with Gasteiger partial charge in [0.05, 0.1) is 0 Å². The summed E-state index contributed by atoms with van der Waals surface area (Å²) in [4.78, 5) is 28.8. The second kappa shape index (κ2) is 7.27. The number of fused-ring (bicyclic) bond motifs is 1. The first-order valence-corrected chi connectivity index (χ1v) is 9.81. The summed E-state index contributed by atoms with van der Waals surface area (Å²) >= 11 is 0. The van der Waals surface area contributed by atoms with Crippen molar-refractivity contribution in [3.05, 3.63) is 47.3 Å². The summed E-state index contributed by atoms with van der Waals surface area (Å²) in [6.07, 6.45) is 0.968. The number of para-hydroxylation sites is 1. The quantitative estimate of drug-likeness (QED) is 0.837. The topological polar surface area (TPSA) is 52.6 Å². The van der Waals surface area contributed by atoms with Gasteiger partial charge in [-0.2, -0.15) is 0 Å². The van der Waals surface area contributed by atoms with Gasteiger partial charge in [0.25, 0.3) is 5.91 Å². The molecule has 0 spiro atoms. The van der Waals surface area contributed by atoms with Gasteiger partial charge < -0.3 is 14.7 Å². The van der Waals surface area contributed by atoms with E-state index in [9.17, 15) is 4.79 Å². The summed E-state index contributed by atoms with van der Waals surface area (Å²) in [6.45, 7) is 10.7. The van der Waals surface area contributed by atoms with Gasteiger partial charge in [0.1, 0.15) is 5.69 Å². The first kappa shape index (κ1) is 17.9. The third-order valence-electron chi connectivity index (χ3n) is 5.59. The van der Waals surface area contributed by atoms with Crippen molar-refractivity contribution in [2.24, 2.45) is 0 Å². The minimum Gasteiger partial charge on any atom is -0.335 e. The molecule has 0 saturated carbocycles. The van der Waals surface area contributed by atoms with E-state index in [1.807, 2.05) is 24.0 Å². The molecule has 1 aromatic carbocycles. The molecule has 6 nitrogen and oxygen atoms in total. The van der Waals surface area contributed by atoms with Crippen molar-refractivity contribution >= 4 is 17.5 Å². The van der Waals surface area contributed by atoms with Gasteiger partial charge in [0.15, 0.2) is 0 Å². The van der Waals surface area contributed by atoms with Gasteiger partial charge in [-0.05, 0) is 44.5 Å². The van der Waals surface area contributed by atoms with Crippen LogP contribution >= 0.6 is 0 Å². The fraction of sp³-hybridized carbons (Fsp3) is 0.476. The molecule has 27 heavy (non-hydrogen) atoms. The van der Waals surface area contributed by atoms with Crippen LogP contribution in [0.25, 0.3) is 0 Å². The molecule has 1 unspecified atom stereocenters. The fourth-order valence-corrected chi connectivity index (χ4v) is 4.07. The van der Waals surface area contributed by atoms with E-state index in [0.717, 1.165) is 50.5 Å². The number of hydrogen-bond donors (Lipinski definition) is 0. The number of likely N-dealkylation sites (N-methyl/N-ethyl adjacent to an activating group) is 1. The predicted molar refractivity (Wildman–Crippen MR) is 107 cm³/mol. The molecule has 1 atom stereocenters. The third kappa shape index (κ3) is 3.41. The molecule has 0 aliphatic carbocycles. The molecule has 1 aromatic heterocycles. The SMILES string of the molecule is CCN1CCN(C(=O)c2cc(C)nc(N3c4ccccc4CC3C)n2)CC1. The second-order valence-corrected chi connectivity index (χ2v) is 7.47. The minimum absolute atomic E-state index is 0.0117. The molecule has 1 saturated heterocycles. The van der Waals surface area contributed by atoms with Crippen LogP contribution in [0.5, 0.6) is 0 Å². The highest BCUT2D eigenvalue weighted by atomic mass is 16.2. The van der Waals surface area contributed by atoms with Crippen LogP contribution < -0.4 is 4.90 Å². The fourth-order valence-electron chi connectivity index (χ4n) is 4.07. The predicted octanol–water partition coefficient (Wildman–Crippen LogP) is 2.65. The largest absolute Gasteiger partial charge is 0.335 e. The number of nitrogens with zero attached hydrogens (tertiary/aromatic N) is 5. The Bertz CT molecular complexity index is 844. The highest BCUT2D eigenvalue weighted by Crippen LogP contribution is 2.36. The van der Waals surface area contributed by atoms with Crippen molar-refractivity contribution in [2.75, 3.05) is 37.6 Å². The zero-order valence-electron chi connectivity index (χ0n) is 16.4. The molecule has 2 aliphatic rings. The summed E-state index contributed by atoms with van der Waals surface area (Å²) in [5.41, 5.74) is 3.77. The monoisotopic (exact) mass is 365 g/mol. The number of piperazine rings is 1. The Kier molecular flexibility index (Phi) is 4.83. The number of aryl methyl sites for hydroxylation is 1. The van der Waals surface area contributed by atoms with E-state index in [-0.39, 0.29) is 11.9 Å². The summed E-state index contributed by atoms with van der Waals surface area (Å²) in [5.74, 6) is 0.639. The summed E-state index contributed by atoms with van der Waals surface area (Å²) in [7, 11) is 0. The standard InChI is InChI=1S/C21H27N5O/c1-4-24-9-11-25(12-10-24)20(27)18-13-15(2)22-21(23-18)26-16(3)14-17-7-5-6-8-19(17)26/h5-8,13,16H,4,9-12,14H2,1-3H3. The number of aromatic nitrogens is 2. The van der Waals surface area contributed by atoms with Gasteiger partial charge in [-0.25, -0.2) is 9.97 Å². The number of hydrogen-bond acceptors (Lipinski definition) is 5. The maximum atomic E-state index is 13.0. The molecule has 1 fully saturated rings. The van der Waals surface area contributed by atoms with Gasteiger partial charge in [0.2, 0.25) is 5.95 Å². The Morgan fingerprint density at radius 1 is 1.15 bits per heavy atom. The third-order valence-corrected chi connectivity index (χ3v) is 5.59. The van der Waals surface area contributed by atoms with Crippen LogP contribution in [-0.4, -0.2) is 64.4 Å². The summed E-state index contributed by atoms with van der Waals surface area (Å²) in [6, 6.07) is 10.5. The molecule has 0 bridgehead atoms. The molecular weight excluding hydrogens is 338 g/mol. The average Bonchev–Trinajstić information content (AvgIpc) is 3.02. The van der Waals surface area contributed by atoms with Crippen LogP contribution in [0.2, 0.25) is 0 Å². The maximum absolute atomic E-state index is 13.0. The smallest absolute Gasteiger partial charge is 0.272 e. The Morgan fingerprint density at radius 2 is 1.89 bits per heavy atom. The van der Waals surface area contributed by atoms with Crippen molar-refractivity contribution < 1.29 is 4.79 Å². The number of anilines is 2. The number of benzene rings is 1. The van der Waals surface area contributed by atoms with Gasteiger partial charge in [0, 0.05) is 43.6 Å². The van der Waals surface area contributed by atoms with Gasteiger partial charge >= 0.3 is 0 Å². The van der Waals surface area contributed by atoms with Gasteiger partial charge in [-0.15, -0.1) is 0 Å². The van der Waals surface area contributed by atoms with E-state index in [2.05, 4.69) is 51.8 Å². The van der Waals surface area contributed by atoms with Crippen molar-refractivity contribution in [3.63, 3.8) is 0 Å². The lowest BCUT2D eigenvalue weighted by molar-refractivity contribution is 0.0637. The molecule has 6 heteroatoms. The van der Waals surface area contributed by atoms with E-state index in [0.29, 0.717) is 11.6 Å². The number of amides is 1. The molecule has 0 radical (unpaired) electrons. The summed E-state index contributed by atoms with van der Waals surface area (Å²) in [5, 5.41) is 0. The molecule has 3 heterocycles. The lowest BCUT2D eigenvalue weighted by Gasteiger charge is -2.34. The number of rotatable bonds is 3. The van der Waals surface area contributed by atoms with E-state index in [1.54, 1.807) is 0 Å². The summed E-state index contributed by atoms with van der Waals surface area (Å²) < 4.78 is 0. The van der Waals surface area contributed by atoms with Crippen LogP contribution in [0.15, 0.2) is 30.3 Å². The van der Waals surface area contributed by atoms with E-state index in [1.165, 1.54) is 5.56 Å². The highest BCUT2D eigenvalue weighted by Gasteiger charge is 2.30. The lowest BCUT2D eigenvalue weighted by atomic mass is 10.1. The molecule has 1 amide bonds. The molecule has 2 aromatic rings. The van der Waals surface area contributed by atoms with Crippen molar-refractivity contribution in [2.45, 2.75) is 33.2 Å². The maximum Gasteiger partial charge on any atom is 0.272 e. The Morgan fingerprint density at radius 3 is 2.63 bits per heavy atom. The van der Waals surface area contributed by atoms with E-state index >= 15 is 0 Å². The Balaban J connectivity index is 1.62. The number of carbonyl (C=O) groups is 1. The molecule has 4 rings (SSSR count). The van der Waals surface area contributed by atoms with Crippen molar-refractivity contribution in [1.82, 2.24) is 19.8 Å². The first-order valence-electron chi connectivity index (χ1n) is 9.81. The second-order valence-electron chi connectivity index (χ2n) is 7.47. The zero-order chi connectivity index (χ0) is 19.0. The van der Waals surface area contributed by atoms with Crippen molar-refractivity contribution in [3.8, 4) is 0 Å². The van der Waals surface area contributed by atoms with E-state index in [4.69, 9.17) is 0 Å². The minimum atomic E-state index is 0.0117. The average molecular weight is 365 g/mol.